The maximum Gasteiger partial charge on any atom is 0.334 e. The van der Waals surface area contributed by atoms with Gasteiger partial charge in [0.05, 0.1) is 96.3 Å². The lowest BCUT2D eigenvalue weighted by Crippen LogP contribution is -2.44. The molecule has 34 heteroatoms. The molecule has 0 spiro atoms. The Morgan fingerprint density at radius 3 is 1.67 bits per heavy atom. The summed E-state index contributed by atoms with van der Waals surface area (Å²) in [6.45, 7) is 2.95. The molecule has 4 aliphatic rings. The Kier molecular flexibility index (Phi) is 21.0. The second-order valence-electron chi connectivity index (χ2n) is 19.2. The Labute approximate surface area is 492 Å². The number of rotatable bonds is 12. The second kappa shape index (κ2) is 26.8. The number of aliphatic hydroxyl groups is 9. The van der Waals surface area contributed by atoms with Crippen LogP contribution in [0.3, 0.4) is 0 Å². The van der Waals surface area contributed by atoms with Gasteiger partial charge in [-0.2, -0.15) is 4.98 Å². The van der Waals surface area contributed by atoms with Crippen molar-refractivity contribution in [1.29, 1.82) is 0 Å². The quantitative estimate of drug-likeness (QED) is 0.0212. The number of hydrogen-bond acceptors (Lipinski definition) is 29. The highest BCUT2D eigenvalue weighted by Crippen LogP contribution is 2.47. The van der Waals surface area contributed by atoms with E-state index < -0.39 is 103 Å². The van der Waals surface area contributed by atoms with E-state index in [1.54, 1.807) is 21.5 Å². The summed E-state index contributed by atoms with van der Waals surface area (Å²) in [6.07, 6.45) is 2.74. The number of nitrogens with two attached hydrogens (primary N) is 2. The number of halogens is 1. The molecule has 10 heterocycles. The van der Waals surface area contributed by atoms with Crippen LogP contribution in [0.4, 0.5) is 23.3 Å². The predicted molar refractivity (Wildman–Crippen MR) is 305 cm³/mol. The molecule has 0 bridgehead atoms. The van der Waals surface area contributed by atoms with Crippen molar-refractivity contribution in [3.8, 4) is 5.75 Å². The van der Waals surface area contributed by atoms with Gasteiger partial charge in [-0.1, -0.05) is 0 Å². The van der Waals surface area contributed by atoms with Crippen LogP contribution in [0.2, 0.25) is 0 Å². The summed E-state index contributed by atoms with van der Waals surface area (Å²) in [6, 6.07) is 1.26. The molecule has 14 N–H and O–H groups in total. The van der Waals surface area contributed by atoms with Gasteiger partial charge >= 0.3 is 11.9 Å². The van der Waals surface area contributed by atoms with Crippen LogP contribution in [0.15, 0.2) is 65.5 Å². The minimum atomic E-state index is -1.74. The molecule has 0 aromatic carbocycles. The zero-order valence-corrected chi connectivity index (χ0v) is 48.4. The van der Waals surface area contributed by atoms with Crippen molar-refractivity contribution < 1.29 is 93.4 Å². The van der Waals surface area contributed by atoms with Crippen LogP contribution in [0, 0.1) is 3.57 Å². The first-order valence-electron chi connectivity index (χ1n) is 24.7. The maximum absolute atomic E-state index is 11.9. The third-order valence-corrected chi connectivity index (χ3v) is 14.7. The van der Waals surface area contributed by atoms with Gasteiger partial charge in [-0.05, 0) is 43.4 Å². The van der Waals surface area contributed by atoms with E-state index in [0.29, 0.717) is 56.0 Å². The van der Waals surface area contributed by atoms with E-state index in [1.165, 1.54) is 104 Å². The lowest BCUT2D eigenvalue weighted by Gasteiger charge is -2.28. The molecule has 3 radical (unpaired) electrons. The van der Waals surface area contributed by atoms with Gasteiger partial charge in [-0.25, -0.2) is 34.5 Å². The summed E-state index contributed by atoms with van der Waals surface area (Å²) in [4.78, 5) is 58.4. The SMILES string of the molecule is CO/C=C/C(=O)OC.COC(=O)/C=C(/OC)c1cn(C2O[C@H](CO)[C@@H](O)[C@@]2(C)O)c2ncnc(N)c12.COc1cc(=O)nc2c3c(n(C4O[C@H](CO)[C@@H](O)[C@@]4(C)O)cc13)N=CN2.C[C@]1(O)C(n2cc(I)c3c(N)ncnc32)O[C@H](CO)[C@H]1O.[B]. The second-order valence-corrected chi connectivity index (χ2v) is 20.4. The average molecular weight is 1290 g/mol. The fraction of sp³-hybridized carbons (Fsp3) is 0.460. The molecule has 0 amide bonds. The van der Waals surface area contributed by atoms with E-state index in [-0.39, 0.29) is 32.2 Å². The monoisotopic (exact) mass is 1290 g/mol. The third kappa shape index (κ3) is 12.5. The van der Waals surface area contributed by atoms with Gasteiger partial charge in [0.1, 0.15) is 112 Å². The molecule has 0 saturated carbocycles. The minimum absolute atomic E-state index is 0. The van der Waals surface area contributed by atoms with Crippen LogP contribution in [0.1, 0.15) is 45.0 Å². The molecule has 4 aliphatic heterocycles. The van der Waals surface area contributed by atoms with Gasteiger partial charge in [0.15, 0.2) is 18.7 Å². The summed E-state index contributed by atoms with van der Waals surface area (Å²) in [7, 11) is 6.79. The standard InChI is InChI=1S/C17H22N4O7.C16H18N4O6.C12H15IN4O4.C5H8O3.B/c1-17(25)13(24)10(6-22)28-16(17)21-5-8(9(26-2)4-11(23)27-3)12-14(18)19-7-20-15(12)21;1-16(24)12(23)9(5-21)26-15(16)20-4-7-8(25-2)3-10(22)19-13-11(7)14(20)18-6-17-13;1-12(20)8(19)6(3-18)21-11(12)17-2-5(13)7-9(14)15-4-16-10(7)17;1-7-4-3-5(6)8-2;/h4-5,7,10,13,16,22,24-25H,6H2,1-3H3,(H2,18,19,20);3-4,6,9,12,15,21,23-24H,5H2,1-2H3,(H,17,18,19,22);2,4,6,8,11,18-20H,3H2,1H3,(H2,14,15,16);3-4H,1-2H3;/b9-4+;;;4-3+;/t10-,13-,16?,17-;9-,12-,15?,16-;6-,8-,11?,12-;;/m111../s1. The van der Waals surface area contributed by atoms with Gasteiger partial charge in [0, 0.05) is 47.6 Å². The molecule has 0 aliphatic carbocycles. The topological polar surface area (TPSA) is 463 Å². The fourth-order valence-electron chi connectivity index (χ4n) is 9.55. The zero-order valence-electron chi connectivity index (χ0n) is 46.2. The van der Waals surface area contributed by atoms with Crippen LogP contribution >= 0.6 is 22.6 Å². The minimum Gasteiger partial charge on any atom is -0.504 e. The van der Waals surface area contributed by atoms with Gasteiger partial charge in [-0.15, -0.1) is 0 Å². The van der Waals surface area contributed by atoms with Crippen molar-refractivity contribution in [2.45, 2.75) is 92.9 Å². The van der Waals surface area contributed by atoms with Crippen molar-refractivity contribution in [2.24, 2.45) is 4.99 Å². The highest BCUT2D eigenvalue weighted by molar-refractivity contribution is 14.1. The van der Waals surface area contributed by atoms with E-state index >= 15 is 0 Å². The van der Waals surface area contributed by atoms with Crippen LogP contribution in [-0.2, 0) is 42.7 Å². The first-order chi connectivity index (χ1) is 39.3. The number of aliphatic hydroxyl groups excluding tert-OH is 6. The van der Waals surface area contributed by atoms with Crippen molar-refractivity contribution in [3.63, 3.8) is 0 Å². The molecule has 32 nitrogen and oxygen atoms in total. The number of nitrogens with zero attached hydrogens (tertiary/aromatic N) is 9. The number of hydrogen-bond donors (Lipinski definition) is 12. The number of fused-ring (bicyclic) bond motifs is 2. The van der Waals surface area contributed by atoms with Gasteiger partial charge in [-0.3, -0.25) is 4.79 Å². The largest absolute Gasteiger partial charge is 0.504 e. The van der Waals surface area contributed by atoms with Crippen molar-refractivity contribution in [1.82, 2.24) is 38.6 Å². The van der Waals surface area contributed by atoms with E-state index in [1.807, 2.05) is 0 Å². The molecule has 3 unspecified atom stereocenters. The number of nitrogens with one attached hydrogen (secondary N) is 1. The van der Waals surface area contributed by atoms with Crippen molar-refractivity contribution in [2.75, 3.05) is 72.2 Å². The summed E-state index contributed by atoms with van der Waals surface area (Å²) < 4.78 is 46.3. The Balaban J connectivity index is 0.000000190. The molecule has 6 aromatic rings. The molecule has 3 saturated heterocycles. The van der Waals surface area contributed by atoms with Crippen LogP contribution in [0.25, 0.3) is 38.6 Å². The van der Waals surface area contributed by atoms with Gasteiger partial charge in [0.25, 0.3) is 5.56 Å². The number of carbonyl (C=O) groups is 2. The molecule has 453 valence electrons. The highest BCUT2D eigenvalue weighted by Gasteiger charge is 2.56. The Bertz CT molecular complexity index is 3500. The Hall–Kier alpha value is -7.20. The summed E-state index contributed by atoms with van der Waals surface area (Å²) >= 11 is 2.09. The summed E-state index contributed by atoms with van der Waals surface area (Å²) in [5, 5.41) is 95.7. The smallest absolute Gasteiger partial charge is 0.334 e. The molecular weight excluding hydrogens is 1230 g/mol. The third-order valence-electron chi connectivity index (χ3n) is 13.9. The van der Waals surface area contributed by atoms with Gasteiger partial charge in [0.2, 0.25) is 0 Å². The van der Waals surface area contributed by atoms with Crippen LogP contribution in [0.5, 0.6) is 5.75 Å². The lowest BCUT2D eigenvalue weighted by atomic mass is 9.96. The van der Waals surface area contributed by atoms with Crippen molar-refractivity contribution >= 4 is 111 Å². The Morgan fingerprint density at radius 2 is 1.20 bits per heavy atom. The van der Waals surface area contributed by atoms with E-state index in [2.05, 4.69) is 72.0 Å². The number of methoxy groups -OCH3 is 5. The number of carbonyl (C=O) groups excluding carboxylic acids is 2. The summed E-state index contributed by atoms with van der Waals surface area (Å²) in [5.41, 5.74) is 7.56. The first-order valence-corrected chi connectivity index (χ1v) is 25.8. The molecule has 3 fully saturated rings. The number of aromatic nitrogens is 8. The van der Waals surface area contributed by atoms with Crippen LogP contribution in [-0.4, -0.2) is 220 Å². The maximum atomic E-state index is 11.9. The number of aliphatic imine (C=N–C) groups is 1. The predicted octanol–water partition coefficient (Wildman–Crippen LogP) is -1.77. The molecule has 12 atom stereocenters. The van der Waals surface area contributed by atoms with Crippen molar-refractivity contribution in [3.05, 3.63) is 75.2 Å². The summed E-state index contributed by atoms with van der Waals surface area (Å²) in [5.74, 6) is 0.497. The number of ether oxygens (including phenoxy) is 8. The molecule has 84 heavy (non-hydrogen) atoms. The zero-order chi connectivity index (χ0) is 61.0. The van der Waals surface area contributed by atoms with E-state index in [9.17, 15) is 60.3 Å². The van der Waals surface area contributed by atoms with E-state index in [4.69, 9.17) is 35.2 Å². The first kappa shape index (κ1) is 66.0. The number of esters is 2. The fourth-order valence-corrected chi connectivity index (χ4v) is 10.4. The Morgan fingerprint density at radius 1 is 0.714 bits per heavy atom. The average Bonchev–Trinajstić information content (AvgIpc) is 4.47. The molecule has 10 rings (SSSR count). The number of nitrogen functional groups attached to an aromatic ring is 2. The highest BCUT2D eigenvalue weighted by atomic mass is 127. The molecule has 6 aromatic heterocycles. The van der Waals surface area contributed by atoms with Crippen LogP contribution < -0.4 is 27.1 Å². The van der Waals surface area contributed by atoms with E-state index in [0.717, 1.165) is 9.65 Å². The lowest BCUT2D eigenvalue weighted by molar-refractivity contribution is -0.135. The molecular formula is C50H63BIN12O20. The normalized spacial score (nSPS) is 27.6. The van der Waals surface area contributed by atoms with Gasteiger partial charge < -0.3 is 114 Å². The number of anilines is 3.